The van der Waals surface area contributed by atoms with Gasteiger partial charge >= 0.3 is 0 Å². The summed E-state index contributed by atoms with van der Waals surface area (Å²) in [5.41, 5.74) is -0.679. The van der Waals surface area contributed by atoms with Gasteiger partial charge < -0.3 is 5.11 Å². The molecule has 0 amide bonds. The molecule has 20 heavy (non-hydrogen) atoms. The van der Waals surface area contributed by atoms with Crippen molar-refractivity contribution in [2.24, 2.45) is 0 Å². The van der Waals surface area contributed by atoms with Gasteiger partial charge in [0.25, 0.3) is 0 Å². The summed E-state index contributed by atoms with van der Waals surface area (Å²) in [4.78, 5) is -1.42. The van der Waals surface area contributed by atoms with Gasteiger partial charge in [-0.15, -0.1) is 0 Å². The lowest BCUT2D eigenvalue weighted by Gasteiger charge is -2.23. The number of halogens is 1. The first-order chi connectivity index (χ1) is 8.80. The molecule has 0 fully saturated rings. The maximum atomic E-state index is 14.1. The molecule has 0 saturated heterocycles. The van der Waals surface area contributed by atoms with Crippen molar-refractivity contribution in [2.45, 2.75) is 29.1 Å². The molecule has 0 unspecified atom stereocenters. The quantitative estimate of drug-likeness (QED) is 0.889. The second-order valence-electron chi connectivity index (χ2n) is 5.37. The summed E-state index contributed by atoms with van der Waals surface area (Å²) in [5.74, 6) is -1.13. The van der Waals surface area contributed by atoms with E-state index < -0.39 is 40.7 Å². The normalized spacial score (nSPS) is 13.5. The molecule has 0 spiro atoms. The summed E-state index contributed by atoms with van der Waals surface area (Å²) >= 11 is 0. The van der Waals surface area contributed by atoms with Gasteiger partial charge in [0.15, 0.2) is 19.7 Å². The van der Waals surface area contributed by atoms with Gasteiger partial charge in [0, 0.05) is 17.9 Å². The number of rotatable bonds is 4. The molecule has 1 aromatic carbocycles. The van der Waals surface area contributed by atoms with Crippen LogP contribution < -0.4 is 0 Å². The minimum atomic E-state index is -4.03. The van der Waals surface area contributed by atoms with Gasteiger partial charge in [0.2, 0.25) is 0 Å². The summed E-state index contributed by atoms with van der Waals surface area (Å²) in [7, 11) is -7.96. The van der Waals surface area contributed by atoms with Crippen LogP contribution in [0.15, 0.2) is 21.9 Å². The van der Waals surface area contributed by atoms with Gasteiger partial charge in [-0.05, 0) is 17.7 Å². The second kappa shape index (κ2) is 5.09. The highest BCUT2D eigenvalue weighted by Crippen LogP contribution is 2.31. The van der Waals surface area contributed by atoms with Crippen LogP contribution in [0.25, 0.3) is 0 Å². The first-order valence-electron chi connectivity index (χ1n) is 5.65. The van der Waals surface area contributed by atoms with E-state index in [1.165, 1.54) is 0 Å². The molecule has 8 heteroatoms. The topological polar surface area (TPSA) is 88.5 Å². The number of aliphatic hydroxyl groups excluding tert-OH is 1. The first kappa shape index (κ1) is 17.1. The minimum absolute atomic E-state index is 0.213. The monoisotopic (exact) mass is 324 g/mol. The molecule has 114 valence electrons. The van der Waals surface area contributed by atoms with Gasteiger partial charge in [-0.2, -0.15) is 0 Å². The van der Waals surface area contributed by atoms with Gasteiger partial charge in [-0.3, -0.25) is 0 Å². The Morgan fingerprint density at radius 1 is 1.10 bits per heavy atom. The van der Waals surface area contributed by atoms with Gasteiger partial charge in [-0.1, -0.05) is 13.8 Å². The van der Waals surface area contributed by atoms with Crippen LogP contribution in [-0.4, -0.2) is 41.1 Å². The van der Waals surface area contributed by atoms with Crippen LogP contribution in [0, 0.1) is 5.82 Å². The van der Waals surface area contributed by atoms with Crippen LogP contribution in [0.3, 0.4) is 0 Å². The fourth-order valence-corrected chi connectivity index (χ4v) is 4.21. The van der Waals surface area contributed by atoms with Crippen molar-refractivity contribution in [3.05, 3.63) is 23.5 Å². The fourth-order valence-electron chi connectivity index (χ4n) is 1.69. The van der Waals surface area contributed by atoms with Crippen LogP contribution in [0.5, 0.6) is 0 Å². The highest BCUT2D eigenvalue weighted by molar-refractivity contribution is 7.93. The fraction of sp³-hybridized carbons (Fsp3) is 0.500. The molecule has 0 radical (unpaired) electrons. The molecule has 0 aliphatic carbocycles. The molecule has 0 saturated carbocycles. The zero-order valence-corrected chi connectivity index (χ0v) is 13.3. The molecular weight excluding hydrogens is 307 g/mol. The molecule has 1 rings (SSSR count). The lowest BCUT2D eigenvalue weighted by molar-refractivity contribution is 0.218. The molecule has 0 atom stereocenters. The van der Waals surface area contributed by atoms with Crippen molar-refractivity contribution < 1.29 is 26.3 Å². The molecule has 0 aliphatic heterocycles. The number of sulfone groups is 2. The highest BCUT2D eigenvalue weighted by atomic mass is 32.2. The van der Waals surface area contributed by atoms with E-state index in [1.807, 2.05) is 0 Å². The average molecular weight is 324 g/mol. The van der Waals surface area contributed by atoms with Crippen molar-refractivity contribution in [2.75, 3.05) is 19.1 Å². The van der Waals surface area contributed by atoms with E-state index in [9.17, 15) is 26.3 Å². The third-order valence-electron chi connectivity index (χ3n) is 2.96. The summed E-state index contributed by atoms with van der Waals surface area (Å²) < 4.78 is 60.7. The maximum absolute atomic E-state index is 14.1. The molecule has 1 N–H and O–H groups in total. The van der Waals surface area contributed by atoms with E-state index in [4.69, 9.17) is 0 Å². The predicted molar refractivity (Wildman–Crippen MR) is 72.7 cm³/mol. The first-order valence-corrected chi connectivity index (χ1v) is 9.44. The molecular formula is C12H17FO5S2. The zero-order chi connectivity index (χ0) is 15.9. The lowest BCUT2D eigenvalue weighted by atomic mass is 9.85. The van der Waals surface area contributed by atoms with E-state index in [0.29, 0.717) is 0 Å². The number of aliphatic hydroxyl groups is 1. The predicted octanol–water partition coefficient (Wildman–Crippen LogP) is 0.903. The van der Waals surface area contributed by atoms with E-state index >= 15 is 0 Å². The van der Waals surface area contributed by atoms with Crippen molar-refractivity contribution in [3.8, 4) is 0 Å². The molecule has 0 bridgehead atoms. The van der Waals surface area contributed by atoms with E-state index in [2.05, 4.69) is 0 Å². The van der Waals surface area contributed by atoms with Crippen LogP contribution in [0.4, 0.5) is 4.39 Å². The Labute approximate surface area is 118 Å². The smallest absolute Gasteiger partial charge is 0.179 e. The second-order valence-corrected chi connectivity index (χ2v) is 9.31. The van der Waals surface area contributed by atoms with E-state index in [1.54, 1.807) is 13.8 Å². The van der Waals surface area contributed by atoms with Crippen LogP contribution in [0.1, 0.15) is 19.4 Å². The van der Waals surface area contributed by atoms with Crippen molar-refractivity contribution >= 4 is 19.7 Å². The molecule has 0 aromatic heterocycles. The molecule has 1 aromatic rings. The summed E-state index contributed by atoms with van der Waals surface area (Å²) in [5, 5.41) is 9.27. The Hall–Kier alpha value is -0.990. The van der Waals surface area contributed by atoms with E-state index in [-0.39, 0.29) is 12.2 Å². The number of hydrogen-bond acceptors (Lipinski definition) is 5. The zero-order valence-electron chi connectivity index (χ0n) is 11.6. The van der Waals surface area contributed by atoms with Crippen molar-refractivity contribution in [1.82, 2.24) is 0 Å². The Bertz CT molecular complexity index is 733. The third kappa shape index (κ3) is 3.36. The average Bonchev–Trinajstić information content (AvgIpc) is 2.24. The Morgan fingerprint density at radius 2 is 1.60 bits per heavy atom. The van der Waals surface area contributed by atoms with Gasteiger partial charge in [0.05, 0.1) is 11.5 Å². The van der Waals surface area contributed by atoms with Crippen molar-refractivity contribution in [3.63, 3.8) is 0 Å². The number of hydrogen-bond donors (Lipinski definition) is 1. The third-order valence-corrected chi connectivity index (χ3v) is 5.36. The Morgan fingerprint density at radius 3 is 1.95 bits per heavy atom. The van der Waals surface area contributed by atoms with Crippen molar-refractivity contribution in [1.29, 1.82) is 0 Å². The summed E-state index contributed by atoms with van der Waals surface area (Å²) in [6.07, 6.45) is 1.56. The van der Waals surface area contributed by atoms with E-state index in [0.717, 1.165) is 24.6 Å². The van der Waals surface area contributed by atoms with Gasteiger partial charge in [0.1, 0.15) is 10.7 Å². The molecule has 5 nitrogen and oxygen atoms in total. The minimum Gasteiger partial charge on any atom is -0.395 e. The maximum Gasteiger partial charge on any atom is 0.179 e. The summed E-state index contributed by atoms with van der Waals surface area (Å²) in [6, 6.07) is 2.05. The summed E-state index contributed by atoms with van der Waals surface area (Å²) in [6.45, 7) is 2.84. The van der Waals surface area contributed by atoms with Crippen LogP contribution in [-0.2, 0) is 25.1 Å². The van der Waals surface area contributed by atoms with Crippen LogP contribution in [0.2, 0.25) is 0 Å². The largest absolute Gasteiger partial charge is 0.395 e. The SMILES string of the molecule is CC(C)(CO)c1cc(F)c(S(C)(=O)=O)c(S(C)(=O)=O)c1. The van der Waals surface area contributed by atoms with Gasteiger partial charge in [-0.25, -0.2) is 21.2 Å². The standard InChI is InChI=1S/C12H17FO5S2/c1-12(2,7-14)8-5-9(13)11(20(4,17)18)10(6-8)19(3,15)16/h5-6,14H,7H2,1-4H3. The Balaban J connectivity index is 3.86. The van der Waals surface area contributed by atoms with Crippen LogP contribution >= 0.6 is 0 Å². The Kier molecular flexibility index (Phi) is 4.34. The highest BCUT2D eigenvalue weighted by Gasteiger charge is 2.29. The molecule has 0 heterocycles. The number of benzene rings is 1. The lowest BCUT2D eigenvalue weighted by Crippen LogP contribution is -2.23. The molecule has 0 aliphatic rings.